The van der Waals surface area contributed by atoms with Gasteiger partial charge in [-0.2, -0.15) is 0 Å². The molecule has 1 rings (SSSR count). The first kappa shape index (κ1) is 13.8. The molecule has 1 heterocycles. The highest BCUT2D eigenvalue weighted by molar-refractivity contribution is 6.20. The number of hydrogen-bond acceptors (Lipinski definition) is 3. The Morgan fingerprint density at radius 2 is 2.06 bits per heavy atom. The van der Waals surface area contributed by atoms with E-state index in [-0.39, 0.29) is 29.5 Å². The van der Waals surface area contributed by atoms with E-state index in [0.29, 0.717) is 6.61 Å². The van der Waals surface area contributed by atoms with E-state index in [2.05, 4.69) is 6.92 Å². The lowest BCUT2D eigenvalue weighted by atomic mass is 10.0. The Hall–Kier alpha value is -0.280. The SMILES string of the molecule is CC[C@@H]1C[C@H](Cl)C[C@H](COC(=O)C(C)C)O1. The molecule has 0 radical (unpaired) electrons. The molecule has 0 unspecified atom stereocenters. The smallest absolute Gasteiger partial charge is 0.308 e. The summed E-state index contributed by atoms with van der Waals surface area (Å²) >= 11 is 6.14. The minimum Gasteiger partial charge on any atom is -0.463 e. The van der Waals surface area contributed by atoms with Crippen LogP contribution in [0.4, 0.5) is 0 Å². The van der Waals surface area contributed by atoms with E-state index in [4.69, 9.17) is 21.1 Å². The average molecular weight is 249 g/mol. The van der Waals surface area contributed by atoms with E-state index in [1.807, 2.05) is 13.8 Å². The zero-order chi connectivity index (χ0) is 12.1. The molecule has 0 aromatic carbocycles. The highest BCUT2D eigenvalue weighted by Gasteiger charge is 2.28. The maximum absolute atomic E-state index is 11.3. The monoisotopic (exact) mass is 248 g/mol. The van der Waals surface area contributed by atoms with Gasteiger partial charge < -0.3 is 9.47 Å². The Balaban J connectivity index is 2.33. The molecule has 3 nitrogen and oxygen atoms in total. The first-order valence-electron chi connectivity index (χ1n) is 5.99. The lowest BCUT2D eigenvalue weighted by Gasteiger charge is -2.32. The van der Waals surface area contributed by atoms with E-state index in [1.165, 1.54) is 0 Å². The number of hydrogen-bond donors (Lipinski definition) is 0. The number of rotatable bonds is 4. The van der Waals surface area contributed by atoms with Crippen molar-refractivity contribution in [3.8, 4) is 0 Å². The molecule has 0 aromatic rings. The molecular weight excluding hydrogens is 228 g/mol. The van der Waals surface area contributed by atoms with Crippen LogP contribution >= 0.6 is 11.6 Å². The van der Waals surface area contributed by atoms with Gasteiger partial charge >= 0.3 is 5.97 Å². The van der Waals surface area contributed by atoms with E-state index in [9.17, 15) is 4.79 Å². The summed E-state index contributed by atoms with van der Waals surface area (Å²) in [7, 11) is 0. The number of esters is 1. The van der Waals surface area contributed by atoms with E-state index < -0.39 is 0 Å². The minimum absolute atomic E-state index is 0.0381. The van der Waals surface area contributed by atoms with Crippen molar-refractivity contribution in [1.29, 1.82) is 0 Å². The van der Waals surface area contributed by atoms with Crippen LogP contribution in [0.25, 0.3) is 0 Å². The Morgan fingerprint density at radius 3 is 2.62 bits per heavy atom. The lowest BCUT2D eigenvalue weighted by Crippen LogP contribution is -2.36. The number of carbonyl (C=O) groups is 1. The number of ether oxygens (including phenoxy) is 2. The van der Waals surface area contributed by atoms with E-state index in [0.717, 1.165) is 19.3 Å². The van der Waals surface area contributed by atoms with Crippen LogP contribution in [-0.4, -0.2) is 30.2 Å². The van der Waals surface area contributed by atoms with Gasteiger partial charge in [-0.1, -0.05) is 20.8 Å². The second kappa shape index (κ2) is 6.45. The van der Waals surface area contributed by atoms with Crippen LogP contribution in [0.15, 0.2) is 0 Å². The summed E-state index contributed by atoms with van der Waals surface area (Å²) in [6.07, 6.45) is 2.79. The summed E-state index contributed by atoms with van der Waals surface area (Å²) in [6, 6.07) is 0. The first-order chi connectivity index (χ1) is 7.52. The van der Waals surface area contributed by atoms with Crippen molar-refractivity contribution in [1.82, 2.24) is 0 Å². The predicted octanol–water partition coefficient (Wildman–Crippen LogP) is 2.75. The van der Waals surface area contributed by atoms with Crippen LogP contribution in [0, 0.1) is 5.92 Å². The summed E-state index contributed by atoms with van der Waals surface area (Å²) in [5.74, 6) is -0.259. The topological polar surface area (TPSA) is 35.5 Å². The summed E-state index contributed by atoms with van der Waals surface area (Å²) in [5, 5.41) is 0.140. The largest absolute Gasteiger partial charge is 0.463 e. The maximum Gasteiger partial charge on any atom is 0.308 e. The third-order valence-corrected chi connectivity index (χ3v) is 3.12. The molecule has 16 heavy (non-hydrogen) atoms. The van der Waals surface area contributed by atoms with Gasteiger partial charge in [0, 0.05) is 5.38 Å². The van der Waals surface area contributed by atoms with Gasteiger partial charge in [0.1, 0.15) is 6.61 Å². The fraction of sp³-hybridized carbons (Fsp3) is 0.917. The molecule has 1 fully saturated rings. The second-order valence-electron chi connectivity index (χ2n) is 4.64. The van der Waals surface area contributed by atoms with Gasteiger partial charge in [-0.05, 0) is 19.3 Å². The zero-order valence-electron chi connectivity index (χ0n) is 10.2. The number of halogens is 1. The normalized spacial score (nSPS) is 30.4. The van der Waals surface area contributed by atoms with Gasteiger partial charge in [0.05, 0.1) is 18.1 Å². The van der Waals surface area contributed by atoms with Crippen molar-refractivity contribution in [2.24, 2.45) is 5.92 Å². The number of alkyl halides is 1. The number of carbonyl (C=O) groups excluding carboxylic acids is 1. The first-order valence-corrected chi connectivity index (χ1v) is 6.42. The Kier molecular flexibility index (Phi) is 5.56. The van der Waals surface area contributed by atoms with Crippen LogP contribution in [0.2, 0.25) is 0 Å². The lowest BCUT2D eigenvalue weighted by molar-refractivity contribution is -0.155. The van der Waals surface area contributed by atoms with Crippen molar-refractivity contribution < 1.29 is 14.3 Å². The molecule has 0 N–H and O–H groups in total. The highest BCUT2D eigenvalue weighted by Crippen LogP contribution is 2.25. The van der Waals surface area contributed by atoms with Gasteiger partial charge in [-0.15, -0.1) is 11.6 Å². The minimum atomic E-state index is -0.173. The molecular formula is C12H21ClO3. The quantitative estimate of drug-likeness (QED) is 0.567. The van der Waals surface area contributed by atoms with Crippen LogP contribution in [0.1, 0.15) is 40.0 Å². The molecule has 1 saturated heterocycles. The molecule has 1 aliphatic heterocycles. The van der Waals surface area contributed by atoms with Crippen LogP contribution in [0.5, 0.6) is 0 Å². The molecule has 3 atom stereocenters. The fourth-order valence-corrected chi connectivity index (χ4v) is 2.16. The molecule has 4 heteroatoms. The fourth-order valence-electron chi connectivity index (χ4n) is 1.76. The van der Waals surface area contributed by atoms with Crippen molar-refractivity contribution in [3.05, 3.63) is 0 Å². The van der Waals surface area contributed by atoms with Crippen LogP contribution in [0.3, 0.4) is 0 Å². The Morgan fingerprint density at radius 1 is 1.44 bits per heavy atom. The summed E-state index contributed by atoms with van der Waals surface area (Å²) < 4.78 is 10.9. The third-order valence-electron chi connectivity index (χ3n) is 2.76. The van der Waals surface area contributed by atoms with Gasteiger partial charge in [0.2, 0.25) is 0 Å². The third kappa shape index (κ3) is 4.30. The molecule has 0 aliphatic carbocycles. The second-order valence-corrected chi connectivity index (χ2v) is 5.26. The maximum atomic E-state index is 11.3. The van der Waals surface area contributed by atoms with Gasteiger partial charge in [0.25, 0.3) is 0 Å². The van der Waals surface area contributed by atoms with Gasteiger partial charge in [-0.3, -0.25) is 4.79 Å². The molecule has 94 valence electrons. The molecule has 0 spiro atoms. The van der Waals surface area contributed by atoms with Crippen molar-refractivity contribution >= 4 is 17.6 Å². The van der Waals surface area contributed by atoms with Gasteiger partial charge in [0.15, 0.2) is 0 Å². The van der Waals surface area contributed by atoms with Crippen molar-refractivity contribution in [2.45, 2.75) is 57.6 Å². The average Bonchev–Trinajstić information content (AvgIpc) is 2.24. The van der Waals surface area contributed by atoms with Crippen LogP contribution in [-0.2, 0) is 14.3 Å². The van der Waals surface area contributed by atoms with Gasteiger partial charge in [-0.25, -0.2) is 0 Å². The summed E-state index contributed by atoms with van der Waals surface area (Å²) in [5.41, 5.74) is 0. The van der Waals surface area contributed by atoms with E-state index in [1.54, 1.807) is 0 Å². The highest BCUT2D eigenvalue weighted by atomic mass is 35.5. The predicted molar refractivity (Wildman–Crippen MR) is 63.6 cm³/mol. The molecule has 0 amide bonds. The molecule has 0 saturated carbocycles. The van der Waals surface area contributed by atoms with Crippen LogP contribution < -0.4 is 0 Å². The van der Waals surface area contributed by atoms with Crippen molar-refractivity contribution in [2.75, 3.05) is 6.61 Å². The molecule has 1 aliphatic rings. The molecule has 0 bridgehead atoms. The standard InChI is InChI=1S/C12H21ClO3/c1-4-10-5-9(13)6-11(16-10)7-15-12(14)8(2)3/h8-11H,4-7H2,1-3H3/t9-,10+,11+/m0/s1. The summed E-state index contributed by atoms with van der Waals surface area (Å²) in [4.78, 5) is 11.3. The Labute approximate surface area is 102 Å². The van der Waals surface area contributed by atoms with E-state index >= 15 is 0 Å². The summed E-state index contributed by atoms with van der Waals surface area (Å²) in [6.45, 7) is 6.06. The molecule has 0 aromatic heterocycles. The zero-order valence-corrected chi connectivity index (χ0v) is 11.0. The Bertz CT molecular complexity index is 230. The van der Waals surface area contributed by atoms with Crippen molar-refractivity contribution in [3.63, 3.8) is 0 Å².